The van der Waals surface area contributed by atoms with Gasteiger partial charge < -0.3 is 15.5 Å². The van der Waals surface area contributed by atoms with E-state index in [1.807, 2.05) is 30.3 Å². The van der Waals surface area contributed by atoms with Gasteiger partial charge in [-0.2, -0.15) is 14.5 Å². The van der Waals surface area contributed by atoms with Gasteiger partial charge in [0.05, 0.1) is 6.26 Å². The molecule has 3 N–H and O–H groups in total. The minimum absolute atomic E-state index is 0.423. The summed E-state index contributed by atoms with van der Waals surface area (Å²) in [7, 11) is 0. The standard InChI is InChI=1S/C16H14N6O/c17-13-9-14(18-10-11-5-2-1-3-6-11)19-16-20-15(21-22(13)16)12-7-4-8-23-12/h1-9H,10,17H2,(H,18,19,20,21). The molecule has 4 rings (SSSR count). The van der Waals surface area contributed by atoms with Crippen LogP contribution in [-0.2, 0) is 6.54 Å². The minimum Gasteiger partial charge on any atom is -0.461 e. The Labute approximate surface area is 131 Å². The molecule has 114 valence electrons. The molecule has 1 aromatic carbocycles. The van der Waals surface area contributed by atoms with Crippen molar-refractivity contribution >= 4 is 17.4 Å². The Kier molecular flexibility index (Phi) is 3.16. The first kappa shape index (κ1) is 13.3. The fourth-order valence-electron chi connectivity index (χ4n) is 2.28. The van der Waals surface area contributed by atoms with Gasteiger partial charge in [0, 0.05) is 12.6 Å². The second-order valence-corrected chi connectivity index (χ2v) is 5.03. The van der Waals surface area contributed by atoms with Crippen LogP contribution >= 0.6 is 0 Å². The van der Waals surface area contributed by atoms with Crippen molar-refractivity contribution in [2.45, 2.75) is 6.54 Å². The summed E-state index contributed by atoms with van der Waals surface area (Å²) < 4.78 is 6.79. The molecule has 3 aromatic heterocycles. The van der Waals surface area contributed by atoms with Gasteiger partial charge >= 0.3 is 0 Å². The van der Waals surface area contributed by atoms with Crippen molar-refractivity contribution in [3.8, 4) is 11.6 Å². The van der Waals surface area contributed by atoms with Gasteiger partial charge in [0.15, 0.2) is 5.76 Å². The summed E-state index contributed by atoms with van der Waals surface area (Å²) in [6, 6.07) is 15.4. The van der Waals surface area contributed by atoms with E-state index < -0.39 is 0 Å². The second kappa shape index (κ2) is 5.45. The first-order valence-electron chi connectivity index (χ1n) is 7.14. The quantitative estimate of drug-likeness (QED) is 0.602. The lowest BCUT2D eigenvalue weighted by atomic mass is 10.2. The molecule has 0 aliphatic rings. The number of hydrogen-bond acceptors (Lipinski definition) is 6. The predicted octanol–water partition coefficient (Wildman–Crippen LogP) is 2.58. The molecule has 0 saturated heterocycles. The molecule has 0 aliphatic carbocycles. The summed E-state index contributed by atoms with van der Waals surface area (Å²) in [4.78, 5) is 8.80. The van der Waals surface area contributed by atoms with E-state index in [4.69, 9.17) is 10.2 Å². The average molecular weight is 306 g/mol. The van der Waals surface area contributed by atoms with E-state index >= 15 is 0 Å². The summed E-state index contributed by atoms with van der Waals surface area (Å²) in [6.45, 7) is 0.655. The molecule has 7 heteroatoms. The van der Waals surface area contributed by atoms with Gasteiger partial charge in [-0.15, -0.1) is 5.10 Å². The number of aromatic nitrogens is 4. The van der Waals surface area contributed by atoms with Gasteiger partial charge in [0.25, 0.3) is 5.78 Å². The molecule has 0 spiro atoms. The van der Waals surface area contributed by atoms with E-state index in [1.54, 1.807) is 24.5 Å². The van der Waals surface area contributed by atoms with Crippen molar-refractivity contribution in [2.75, 3.05) is 11.1 Å². The Morgan fingerprint density at radius 2 is 1.96 bits per heavy atom. The number of nitrogens with zero attached hydrogens (tertiary/aromatic N) is 4. The number of nitrogen functional groups attached to an aromatic ring is 1. The maximum atomic E-state index is 6.04. The first-order chi connectivity index (χ1) is 11.3. The SMILES string of the molecule is Nc1cc(NCc2ccccc2)nc2nc(-c3ccco3)nn12. The van der Waals surface area contributed by atoms with Gasteiger partial charge in [0.1, 0.15) is 11.6 Å². The summed E-state index contributed by atoms with van der Waals surface area (Å²) in [5, 5.41) is 7.55. The Morgan fingerprint density at radius 1 is 1.09 bits per heavy atom. The molecule has 4 aromatic rings. The molecular formula is C16H14N6O. The number of fused-ring (bicyclic) bond motifs is 1. The molecule has 23 heavy (non-hydrogen) atoms. The number of nitrogens with two attached hydrogens (primary N) is 1. The van der Waals surface area contributed by atoms with E-state index in [0.29, 0.717) is 35.5 Å². The first-order valence-corrected chi connectivity index (χ1v) is 7.14. The zero-order valence-electron chi connectivity index (χ0n) is 12.2. The minimum atomic E-state index is 0.423. The summed E-state index contributed by atoms with van der Waals surface area (Å²) in [6.07, 6.45) is 1.57. The van der Waals surface area contributed by atoms with E-state index in [1.165, 1.54) is 4.52 Å². The molecule has 0 bridgehead atoms. The van der Waals surface area contributed by atoms with Crippen LogP contribution in [0, 0.1) is 0 Å². The van der Waals surface area contributed by atoms with Gasteiger partial charge in [-0.3, -0.25) is 0 Å². The van der Waals surface area contributed by atoms with Crippen molar-refractivity contribution in [2.24, 2.45) is 0 Å². The third-order valence-electron chi connectivity index (χ3n) is 3.40. The van der Waals surface area contributed by atoms with Crippen molar-refractivity contribution in [1.82, 2.24) is 19.6 Å². The lowest BCUT2D eigenvalue weighted by molar-refractivity contribution is 0.577. The predicted molar refractivity (Wildman–Crippen MR) is 86.7 cm³/mol. The summed E-state index contributed by atoms with van der Waals surface area (Å²) in [5.41, 5.74) is 7.20. The third-order valence-corrected chi connectivity index (χ3v) is 3.40. The maximum Gasteiger partial charge on any atom is 0.256 e. The molecule has 0 atom stereocenters. The van der Waals surface area contributed by atoms with Crippen LogP contribution in [0.2, 0.25) is 0 Å². The molecule has 0 unspecified atom stereocenters. The zero-order valence-corrected chi connectivity index (χ0v) is 12.2. The highest BCUT2D eigenvalue weighted by Crippen LogP contribution is 2.19. The summed E-state index contributed by atoms with van der Waals surface area (Å²) in [5.74, 6) is 2.56. The highest BCUT2D eigenvalue weighted by atomic mass is 16.3. The van der Waals surface area contributed by atoms with E-state index in [0.717, 1.165) is 5.56 Å². The van der Waals surface area contributed by atoms with Crippen LogP contribution in [0.1, 0.15) is 5.56 Å². The normalized spacial score (nSPS) is 11.0. The number of furan rings is 1. The zero-order chi connectivity index (χ0) is 15.6. The Morgan fingerprint density at radius 3 is 2.74 bits per heavy atom. The van der Waals surface area contributed by atoms with Crippen LogP contribution in [0.25, 0.3) is 17.4 Å². The van der Waals surface area contributed by atoms with Gasteiger partial charge in [-0.1, -0.05) is 30.3 Å². The third kappa shape index (κ3) is 2.59. The topological polar surface area (TPSA) is 94.3 Å². The van der Waals surface area contributed by atoms with Crippen LogP contribution in [0.3, 0.4) is 0 Å². The highest BCUT2D eigenvalue weighted by Gasteiger charge is 2.12. The smallest absolute Gasteiger partial charge is 0.256 e. The number of anilines is 2. The molecule has 0 fully saturated rings. The molecular weight excluding hydrogens is 292 g/mol. The van der Waals surface area contributed by atoms with Crippen LogP contribution in [-0.4, -0.2) is 19.6 Å². The lowest BCUT2D eigenvalue weighted by Crippen LogP contribution is -2.06. The van der Waals surface area contributed by atoms with Crippen molar-refractivity contribution in [3.63, 3.8) is 0 Å². The van der Waals surface area contributed by atoms with Gasteiger partial charge in [0.2, 0.25) is 5.82 Å². The van der Waals surface area contributed by atoms with Crippen LogP contribution < -0.4 is 11.1 Å². The molecule has 7 nitrogen and oxygen atoms in total. The fraction of sp³-hybridized carbons (Fsp3) is 0.0625. The summed E-state index contributed by atoms with van der Waals surface area (Å²) >= 11 is 0. The van der Waals surface area contributed by atoms with Gasteiger partial charge in [-0.25, -0.2) is 0 Å². The van der Waals surface area contributed by atoms with Crippen LogP contribution in [0.4, 0.5) is 11.6 Å². The molecule has 0 amide bonds. The molecule has 3 heterocycles. The Hall–Kier alpha value is -3.35. The number of hydrogen-bond donors (Lipinski definition) is 2. The van der Waals surface area contributed by atoms with Gasteiger partial charge in [-0.05, 0) is 17.7 Å². The molecule has 0 saturated carbocycles. The average Bonchev–Trinajstić information content (AvgIpc) is 3.23. The Bertz CT molecular complexity index is 930. The largest absolute Gasteiger partial charge is 0.461 e. The van der Waals surface area contributed by atoms with Crippen molar-refractivity contribution < 1.29 is 4.42 Å². The van der Waals surface area contributed by atoms with Crippen molar-refractivity contribution in [1.29, 1.82) is 0 Å². The van der Waals surface area contributed by atoms with E-state index in [9.17, 15) is 0 Å². The number of nitrogens with one attached hydrogen (secondary N) is 1. The Balaban J connectivity index is 1.64. The fourth-order valence-corrected chi connectivity index (χ4v) is 2.28. The van der Waals surface area contributed by atoms with E-state index in [2.05, 4.69) is 20.4 Å². The van der Waals surface area contributed by atoms with Crippen LogP contribution in [0.15, 0.2) is 59.2 Å². The number of rotatable bonds is 4. The highest BCUT2D eigenvalue weighted by molar-refractivity contribution is 5.56. The van der Waals surface area contributed by atoms with Crippen LogP contribution in [0.5, 0.6) is 0 Å². The molecule has 0 aliphatic heterocycles. The monoisotopic (exact) mass is 306 g/mol. The second-order valence-electron chi connectivity index (χ2n) is 5.03. The van der Waals surface area contributed by atoms with Crippen molar-refractivity contribution in [3.05, 3.63) is 60.4 Å². The number of benzene rings is 1. The molecule has 0 radical (unpaired) electrons. The van der Waals surface area contributed by atoms with E-state index in [-0.39, 0.29) is 0 Å². The maximum absolute atomic E-state index is 6.04. The lowest BCUT2D eigenvalue weighted by Gasteiger charge is -2.06.